The van der Waals surface area contributed by atoms with Crippen molar-refractivity contribution in [1.29, 1.82) is 0 Å². The summed E-state index contributed by atoms with van der Waals surface area (Å²) in [4.78, 5) is 8.15. The Balaban J connectivity index is 1.94. The molecule has 0 aliphatic carbocycles. The van der Waals surface area contributed by atoms with Crippen molar-refractivity contribution in [1.82, 2.24) is 9.97 Å². The standard InChI is InChI=1S/C8H12N4OS/c9-6-1-7(10)12-8(11-6)14-4-5-2-13-3-5/h1,5H,2-4H2,(H4,9,10,11,12). The summed E-state index contributed by atoms with van der Waals surface area (Å²) < 4.78 is 5.07. The minimum atomic E-state index is 0.421. The lowest BCUT2D eigenvalue weighted by Crippen LogP contribution is -2.29. The largest absolute Gasteiger partial charge is 0.383 e. The molecule has 1 aromatic rings. The second-order valence-corrected chi connectivity index (χ2v) is 4.20. The zero-order chi connectivity index (χ0) is 9.97. The lowest BCUT2D eigenvalue weighted by Gasteiger charge is -2.24. The Kier molecular flexibility index (Phi) is 2.74. The predicted octanol–water partition coefficient (Wildman–Crippen LogP) is 0.380. The van der Waals surface area contributed by atoms with Gasteiger partial charge in [0.2, 0.25) is 0 Å². The van der Waals surface area contributed by atoms with Crippen molar-refractivity contribution >= 4 is 23.4 Å². The molecule has 14 heavy (non-hydrogen) atoms. The number of anilines is 2. The normalized spacial score (nSPS) is 16.6. The van der Waals surface area contributed by atoms with Crippen LogP contribution in [0.3, 0.4) is 0 Å². The van der Waals surface area contributed by atoms with E-state index < -0.39 is 0 Å². The smallest absolute Gasteiger partial charge is 0.191 e. The lowest BCUT2D eigenvalue weighted by atomic mass is 10.1. The van der Waals surface area contributed by atoms with Crippen LogP contribution in [0.15, 0.2) is 11.2 Å². The van der Waals surface area contributed by atoms with Crippen LogP contribution in [-0.4, -0.2) is 28.9 Å². The first-order valence-electron chi connectivity index (χ1n) is 4.34. The highest BCUT2D eigenvalue weighted by molar-refractivity contribution is 7.99. The van der Waals surface area contributed by atoms with Crippen molar-refractivity contribution < 1.29 is 4.74 Å². The number of hydrogen-bond acceptors (Lipinski definition) is 6. The molecule has 2 rings (SSSR count). The maximum Gasteiger partial charge on any atom is 0.191 e. The van der Waals surface area contributed by atoms with Gasteiger partial charge in [0.25, 0.3) is 0 Å². The molecule has 0 bridgehead atoms. The third-order valence-electron chi connectivity index (χ3n) is 1.90. The van der Waals surface area contributed by atoms with Crippen molar-refractivity contribution in [3.05, 3.63) is 6.07 Å². The van der Waals surface area contributed by atoms with Gasteiger partial charge in [0.1, 0.15) is 11.6 Å². The van der Waals surface area contributed by atoms with E-state index in [1.54, 1.807) is 17.8 Å². The second-order valence-electron chi connectivity index (χ2n) is 3.21. The molecule has 0 spiro atoms. The fourth-order valence-electron chi connectivity index (χ4n) is 1.10. The zero-order valence-corrected chi connectivity index (χ0v) is 8.46. The predicted molar refractivity (Wildman–Crippen MR) is 55.9 cm³/mol. The van der Waals surface area contributed by atoms with E-state index in [1.807, 2.05) is 0 Å². The van der Waals surface area contributed by atoms with Crippen LogP contribution in [0, 0.1) is 5.92 Å². The molecule has 0 aromatic carbocycles. The second kappa shape index (κ2) is 4.02. The Morgan fingerprint density at radius 3 is 2.50 bits per heavy atom. The summed E-state index contributed by atoms with van der Waals surface area (Å²) in [6.45, 7) is 1.68. The molecule has 0 unspecified atom stereocenters. The summed E-state index contributed by atoms with van der Waals surface area (Å²) in [5, 5.41) is 0.648. The molecule has 6 heteroatoms. The van der Waals surface area contributed by atoms with E-state index in [9.17, 15) is 0 Å². The van der Waals surface area contributed by atoms with Gasteiger partial charge in [0.05, 0.1) is 13.2 Å². The maximum atomic E-state index is 5.54. The number of hydrogen-bond donors (Lipinski definition) is 2. The van der Waals surface area contributed by atoms with Crippen LogP contribution < -0.4 is 11.5 Å². The van der Waals surface area contributed by atoms with Crippen molar-refractivity contribution in [2.24, 2.45) is 5.92 Å². The highest BCUT2D eigenvalue weighted by Gasteiger charge is 2.18. The molecule has 0 saturated carbocycles. The van der Waals surface area contributed by atoms with Crippen molar-refractivity contribution in [2.75, 3.05) is 30.4 Å². The van der Waals surface area contributed by atoms with Gasteiger partial charge in [-0.1, -0.05) is 11.8 Å². The van der Waals surface area contributed by atoms with Crippen molar-refractivity contribution in [3.8, 4) is 0 Å². The molecule has 1 aromatic heterocycles. The van der Waals surface area contributed by atoms with Crippen LogP contribution in [0.25, 0.3) is 0 Å². The van der Waals surface area contributed by atoms with E-state index in [-0.39, 0.29) is 0 Å². The fourth-order valence-corrected chi connectivity index (χ4v) is 2.02. The van der Waals surface area contributed by atoms with Gasteiger partial charge in [0, 0.05) is 17.7 Å². The first-order chi connectivity index (χ1) is 6.74. The minimum Gasteiger partial charge on any atom is -0.383 e. The summed E-state index contributed by atoms with van der Waals surface area (Å²) in [5.74, 6) is 2.42. The van der Waals surface area contributed by atoms with Gasteiger partial charge in [-0.2, -0.15) is 0 Å². The third-order valence-corrected chi connectivity index (χ3v) is 2.98. The Morgan fingerprint density at radius 1 is 1.36 bits per heavy atom. The van der Waals surface area contributed by atoms with Gasteiger partial charge in [0.15, 0.2) is 5.16 Å². The molecule has 2 heterocycles. The number of ether oxygens (including phenoxy) is 1. The molecular formula is C8H12N4OS. The van der Waals surface area contributed by atoms with E-state index in [4.69, 9.17) is 16.2 Å². The Bertz CT molecular complexity index is 309. The fraction of sp³-hybridized carbons (Fsp3) is 0.500. The number of aromatic nitrogens is 2. The van der Waals surface area contributed by atoms with Gasteiger partial charge in [-0.3, -0.25) is 0 Å². The molecule has 0 radical (unpaired) electrons. The Hall–Kier alpha value is -1.01. The quantitative estimate of drug-likeness (QED) is 0.556. The number of nitrogens with two attached hydrogens (primary N) is 2. The number of nitrogen functional groups attached to an aromatic ring is 2. The molecule has 0 amide bonds. The molecule has 76 valence electrons. The van der Waals surface area contributed by atoms with Crippen molar-refractivity contribution in [2.45, 2.75) is 5.16 Å². The molecule has 1 aliphatic heterocycles. The van der Waals surface area contributed by atoms with Crippen LogP contribution >= 0.6 is 11.8 Å². The number of rotatable bonds is 3. The number of thioether (sulfide) groups is 1. The Morgan fingerprint density at radius 2 is 2.00 bits per heavy atom. The van der Waals surface area contributed by atoms with Gasteiger partial charge < -0.3 is 16.2 Å². The average Bonchev–Trinajstić information content (AvgIpc) is 1.99. The number of nitrogens with zero attached hydrogens (tertiary/aromatic N) is 2. The van der Waals surface area contributed by atoms with Crippen LogP contribution in [0.2, 0.25) is 0 Å². The summed E-state index contributed by atoms with van der Waals surface area (Å²) in [6, 6.07) is 1.55. The highest BCUT2D eigenvalue weighted by atomic mass is 32.2. The van der Waals surface area contributed by atoms with Crippen molar-refractivity contribution in [3.63, 3.8) is 0 Å². The highest BCUT2D eigenvalue weighted by Crippen LogP contribution is 2.22. The van der Waals surface area contributed by atoms with Gasteiger partial charge in [-0.05, 0) is 0 Å². The Labute approximate surface area is 86.2 Å². The minimum absolute atomic E-state index is 0.421. The molecular weight excluding hydrogens is 200 g/mol. The summed E-state index contributed by atoms with van der Waals surface area (Å²) in [7, 11) is 0. The molecule has 1 saturated heterocycles. The summed E-state index contributed by atoms with van der Waals surface area (Å²) in [6.07, 6.45) is 0. The van der Waals surface area contributed by atoms with Crippen LogP contribution in [0.4, 0.5) is 11.6 Å². The maximum absolute atomic E-state index is 5.54. The summed E-state index contributed by atoms with van der Waals surface area (Å²) in [5.41, 5.74) is 11.1. The van der Waals surface area contributed by atoms with Crippen LogP contribution in [0.1, 0.15) is 0 Å². The topological polar surface area (TPSA) is 87.1 Å². The zero-order valence-electron chi connectivity index (χ0n) is 7.64. The molecule has 5 nitrogen and oxygen atoms in total. The van der Waals surface area contributed by atoms with Gasteiger partial charge in [-0.15, -0.1) is 0 Å². The molecule has 0 atom stereocenters. The first kappa shape index (κ1) is 9.54. The van der Waals surface area contributed by atoms with Crippen LogP contribution in [-0.2, 0) is 4.74 Å². The lowest BCUT2D eigenvalue weighted by molar-refractivity contribution is -0.0196. The average molecular weight is 212 g/mol. The van der Waals surface area contributed by atoms with E-state index in [0.29, 0.717) is 22.7 Å². The molecule has 4 N–H and O–H groups in total. The molecule has 1 fully saturated rings. The van der Waals surface area contributed by atoms with E-state index in [1.165, 1.54) is 0 Å². The van der Waals surface area contributed by atoms with Gasteiger partial charge in [-0.25, -0.2) is 9.97 Å². The monoisotopic (exact) mass is 212 g/mol. The van der Waals surface area contributed by atoms with E-state index in [0.717, 1.165) is 19.0 Å². The van der Waals surface area contributed by atoms with Gasteiger partial charge >= 0.3 is 0 Å². The third kappa shape index (κ3) is 2.27. The van der Waals surface area contributed by atoms with E-state index >= 15 is 0 Å². The first-order valence-corrected chi connectivity index (χ1v) is 5.33. The van der Waals surface area contributed by atoms with Crippen LogP contribution in [0.5, 0.6) is 0 Å². The SMILES string of the molecule is Nc1cc(N)nc(SCC2COC2)n1. The summed E-state index contributed by atoms with van der Waals surface area (Å²) >= 11 is 1.57. The molecule has 1 aliphatic rings. The van der Waals surface area contributed by atoms with E-state index in [2.05, 4.69) is 9.97 Å².